The molecule has 0 bridgehead atoms. The number of nitro groups is 1. The number of aromatic nitrogens is 1. The highest BCUT2D eigenvalue weighted by molar-refractivity contribution is 14.1. The summed E-state index contributed by atoms with van der Waals surface area (Å²) in [7, 11) is 0. The molecule has 1 aromatic heterocycles. The molecule has 0 saturated heterocycles. The Labute approximate surface area is 140 Å². The molecular formula is C12H4BrFIN3O3. The molecule has 0 atom stereocenters. The first-order valence-corrected chi connectivity index (χ1v) is 7.16. The molecule has 0 N–H and O–H groups in total. The Morgan fingerprint density at radius 3 is 2.76 bits per heavy atom. The number of halogens is 3. The van der Waals surface area contributed by atoms with Crippen molar-refractivity contribution in [1.82, 2.24) is 4.98 Å². The van der Waals surface area contributed by atoms with Gasteiger partial charge in [-0.1, -0.05) is 0 Å². The second-order valence-electron chi connectivity index (χ2n) is 3.72. The fraction of sp³-hybridized carbons (Fsp3) is 0. The lowest BCUT2D eigenvalue weighted by molar-refractivity contribution is -0.385. The van der Waals surface area contributed by atoms with Crippen LogP contribution in [-0.4, -0.2) is 9.91 Å². The Morgan fingerprint density at radius 2 is 2.19 bits per heavy atom. The molecule has 0 radical (unpaired) electrons. The van der Waals surface area contributed by atoms with E-state index in [0.717, 1.165) is 12.1 Å². The molecular weight excluding hydrogens is 460 g/mol. The van der Waals surface area contributed by atoms with Crippen LogP contribution in [0.25, 0.3) is 0 Å². The number of hydrogen-bond donors (Lipinski definition) is 0. The Kier molecular flexibility index (Phi) is 4.69. The van der Waals surface area contributed by atoms with Crippen LogP contribution in [0.2, 0.25) is 0 Å². The molecule has 6 nitrogen and oxygen atoms in total. The third-order valence-corrected chi connectivity index (χ3v) is 3.56. The zero-order chi connectivity index (χ0) is 15.6. The molecule has 0 aliphatic carbocycles. The number of nitro benzene ring substituents is 1. The normalized spacial score (nSPS) is 10.0. The van der Waals surface area contributed by atoms with Gasteiger partial charge in [0.2, 0.25) is 5.75 Å². The van der Waals surface area contributed by atoms with Crippen LogP contribution in [0.4, 0.5) is 10.1 Å². The van der Waals surface area contributed by atoms with Gasteiger partial charge < -0.3 is 4.74 Å². The van der Waals surface area contributed by atoms with Crippen LogP contribution in [0, 0.1) is 30.8 Å². The number of nitriles is 1. The molecule has 0 fully saturated rings. The molecule has 0 unspecified atom stereocenters. The van der Waals surface area contributed by atoms with Crippen molar-refractivity contribution in [2.45, 2.75) is 0 Å². The van der Waals surface area contributed by atoms with E-state index >= 15 is 0 Å². The summed E-state index contributed by atoms with van der Waals surface area (Å²) in [6.07, 6.45) is 1.31. The summed E-state index contributed by atoms with van der Waals surface area (Å²) in [6, 6.07) is 5.41. The topological polar surface area (TPSA) is 89.0 Å². The number of rotatable bonds is 3. The smallest absolute Gasteiger partial charge is 0.314 e. The predicted octanol–water partition coefficient (Wildman–Crippen LogP) is 4.16. The quantitative estimate of drug-likeness (QED) is 0.387. The van der Waals surface area contributed by atoms with Crippen molar-refractivity contribution in [3.8, 4) is 17.7 Å². The van der Waals surface area contributed by atoms with Crippen LogP contribution >= 0.6 is 38.5 Å². The maximum Gasteiger partial charge on any atom is 0.314 e. The van der Waals surface area contributed by atoms with Gasteiger partial charge >= 0.3 is 5.69 Å². The standard InChI is InChI=1S/C12H4BrFIN3O3/c13-7-3-8(14)12(17-5-7)21-11-9(15)1-6(4-16)2-10(11)18(19)20/h1-3,5H. The lowest BCUT2D eigenvalue weighted by Crippen LogP contribution is -1.99. The first-order chi connectivity index (χ1) is 9.92. The summed E-state index contributed by atoms with van der Waals surface area (Å²) in [5.41, 5.74) is -0.315. The van der Waals surface area contributed by atoms with Crippen LogP contribution in [0.5, 0.6) is 11.6 Å². The van der Waals surface area contributed by atoms with Crippen LogP contribution in [0.15, 0.2) is 28.9 Å². The van der Waals surface area contributed by atoms with E-state index in [4.69, 9.17) is 10.00 Å². The van der Waals surface area contributed by atoms with E-state index in [1.165, 1.54) is 12.3 Å². The van der Waals surface area contributed by atoms with Crippen molar-refractivity contribution >= 4 is 44.2 Å². The third-order valence-electron chi connectivity index (χ3n) is 2.32. The Hall–Kier alpha value is -1.80. The molecule has 2 rings (SSSR count). The zero-order valence-corrected chi connectivity index (χ0v) is 13.8. The van der Waals surface area contributed by atoms with Gasteiger partial charge in [0.1, 0.15) is 0 Å². The van der Waals surface area contributed by atoms with Crippen molar-refractivity contribution in [2.75, 3.05) is 0 Å². The maximum atomic E-state index is 13.7. The largest absolute Gasteiger partial charge is 0.428 e. The third kappa shape index (κ3) is 3.45. The van der Waals surface area contributed by atoms with Gasteiger partial charge in [0, 0.05) is 16.7 Å². The van der Waals surface area contributed by atoms with E-state index < -0.39 is 16.4 Å². The highest BCUT2D eigenvalue weighted by Crippen LogP contribution is 2.37. The van der Waals surface area contributed by atoms with Gasteiger partial charge in [0.15, 0.2) is 5.82 Å². The van der Waals surface area contributed by atoms with E-state index in [9.17, 15) is 14.5 Å². The first-order valence-electron chi connectivity index (χ1n) is 5.29. The van der Waals surface area contributed by atoms with E-state index in [1.807, 2.05) is 6.07 Å². The van der Waals surface area contributed by atoms with Crippen molar-refractivity contribution in [3.63, 3.8) is 0 Å². The number of hydrogen-bond acceptors (Lipinski definition) is 5. The highest BCUT2D eigenvalue weighted by Gasteiger charge is 2.22. The fourth-order valence-corrected chi connectivity index (χ4v) is 2.48. The minimum Gasteiger partial charge on any atom is -0.428 e. The van der Waals surface area contributed by atoms with E-state index in [0.29, 0.717) is 8.04 Å². The highest BCUT2D eigenvalue weighted by atomic mass is 127. The van der Waals surface area contributed by atoms with E-state index in [1.54, 1.807) is 22.6 Å². The van der Waals surface area contributed by atoms with Crippen molar-refractivity contribution < 1.29 is 14.1 Å². The summed E-state index contributed by atoms with van der Waals surface area (Å²) in [6.45, 7) is 0. The summed E-state index contributed by atoms with van der Waals surface area (Å²) < 4.78 is 19.6. The summed E-state index contributed by atoms with van der Waals surface area (Å²) in [5, 5.41) is 19.9. The van der Waals surface area contributed by atoms with E-state index in [-0.39, 0.29) is 17.2 Å². The minimum atomic E-state index is -0.765. The second-order valence-corrected chi connectivity index (χ2v) is 5.80. The predicted molar refractivity (Wildman–Crippen MR) is 82.5 cm³/mol. The van der Waals surface area contributed by atoms with Gasteiger partial charge in [-0.05, 0) is 50.7 Å². The van der Waals surface area contributed by atoms with Gasteiger partial charge in [-0.25, -0.2) is 9.37 Å². The molecule has 21 heavy (non-hydrogen) atoms. The zero-order valence-electron chi connectivity index (χ0n) is 10.0. The summed E-state index contributed by atoms with van der Waals surface area (Å²) in [4.78, 5) is 14.1. The van der Waals surface area contributed by atoms with Gasteiger partial charge in [-0.15, -0.1) is 0 Å². The molecule has 1 aromatic carbocycles. The van der Waals surface area contributed by atoms with Crippen LogP contribution in [-0.2, 0) is 0 Å². The van der Waals surface area contributed by atoms with Crippen LogP contribution < -0.4 is 4.74 Å². The molecule has 0 amide bonds. The molecule has 0 aliphatic rings. The molecule has 0 aliphatic heterocycles. The van der Waals surface area contributed by atoms with Gasteiger partial charge in [0.05, 0.1) is 20.1 Å². The summed E-state index contributed by atoms with van der Waals surface area (Å²) in [5.74, 6) is -1.31. The van der Waals surface area contributed by atoms with Gasteiger partial charge in [-0.2, -0.15) is 5.26 Å². The maximum absolute atomic E-state index is 13.7. The van der Waals surface area contributed by atoms with E-state index in [2.05, 4.69) is 20.9 Å². The lowest BCUT2D eigenvalue weighted by Gasteiger charge is -2.08. The average Bonchev–Trinajstić information content (AvgIpc) is 2.42. The van der Waals surface area contributed by atoms with Crippen LogP contribution in [0.3, 0.4) is 0 Å². The average molecular weight is 464 g/mol. The van der Waals surface area contributed by atoms with Crippen molar-refractivity contribution in [1.29, 1.82) is 5.26 Å². The molecule has 0 saturated carbocycles. The number of nitrogens with zero attached hydrogens (tertiary/aromatic N) is 3. The fourth-order valence-electron chi connectivity index (χ4n) is 1.45. The molecule has 0 spiro atoms. The van der Waals surface area contributed by atoms with Crippen LogP contribution in [0.1, 0.15) is 5.56 Å². The minimum absolute atomic E-state index is 0.114. The van der Waals surface area contributed by atoms with Crippen molar-refractivity contribution in [2.24, 2.45) is 0 Å². The Morgan fingerprint density at radius 1 is 1.48 bits per heavy atom. The molecule has 9 heteroatoms. The monoisotopic (exact) mass is 463 g/mol. The molecule has 1 heterocycles. The first kappa shape index (κ1) is 15.6. The lowest BCUT2D eigenvalue weighted by atomic mass is 10.2. The molecule has 2 aromatic rings. The summed E-state index contributed by atoms with van der Waals surface area (Å²) >= 11 is 4.82. The van der Waals surface area contributed by atoms with Crippen molar-refractivity contribution in [3.05, 3.63) is 53.9 Å². The number of ether oxygens (including phenoxy) is 1. The SMILES string of the molecule is N#Cc1cc(I)c(Oc2ncc(Br)cc2F)c([N+](=O)[O-])c1. The van der Waals surface area contributed by atoms with Gasteiger partial charge in [0.25, 0.3) is 5.88 Å². The second kappa shape index (κ2) is 6.31. The Balaban J connectivity index is 2.53. The number of benzene rings is 1. The number of pyridine rings is 1. The van der Waals surface area contributed by atoms with Gasteiger partial charge in [-0.3, -0.25) is 10.1 Å². The Bertz CT molecular complexity index is 779. The molecule has 106 valence electrons.